The molecule has 0 aromatic carbocycles. The van der Waals surface area contributed by atoms with E-state index in [1.54, 1.807) is 41.8 Å². The molecule has 0 radical (unpaired) electrons. The Kier molecular flexibility index (Phi) is 4.16. The molecule has 23 heavy (non-hydrogen) atoms. The number of amides is 1. The number of fused-ring (bicyclic) bond motifs is 1. The van der Waals surface area contributed by atoms with E-state index in [2.05, 4.69) is 26.2 Å². The second-order valence-electron chi connectivity index (χ2n) is 4.52. The number of anilines is 1. The minimum Gasteiger partial charge on any atom is -0.461 e. The van der Waals surface area contributed by atoms with E-state index in [1.165, 1.54) is 6.07 Å². The molecule has 0 aliphatic heterocycles. The summed E-state index contributed by atoms with van der Waals surface area (Å²) in [6.07, 6.45) is 1.69. The molecule has 0 aliphatic rings. The maximum atomic E-state index is 12.3. The van der Waals surface area contributed by atoms with Crippen molar-refractivity contribution in [2.75, 3.05) is 11.9 Å². The minimum atomic E-state index is -0.605. The summed E-state index contributed by atoms with van der Waals surface area (Å²) in [5.41, 5.74) is 0.559. The van der Waals surface area contributed by atoms with Crippen LogP contribution in [0.2, 0.25) is 0 Å². The van der Waals surface area contributed by atoms with Crippen LogP contribution >= 0.6 is 15.9 Å². The fraction of sp³-hybridized carbons (Fsp3) is 0.133. The maximum absolute atomic E-state index is 12.3. The van der Waals surface area contributed by atoms with Gasteiger partial charge in [-0.15, -0.1) is 0 Å². The van der Waals surface area contributed by atoms with Crippen LogP contribution in [0.25, 0.3) is 5.65 Å². The highest BCUT2D eigenvalue weighted by atomic mass is 79.9. The summed E-state index contributed by atoms with van der Waals surface area (Å²) in [6, 6.07) is 8.40. The van der Waals surface area contributed by atoms with E-state index in [0.29, 0.717) is 10.3 Å². The first-order valence-electron chi connectivity index (χ1n) is 6.81. The molecule has 0 saturated carbocycles. The van der Waals surface area contributed by atoms with Gasteiger partial charge in [0.05, 0.1) is 6.61 Å². The number of furan rings is 1. The summed E-state index contributed by atoms with van der Waals surface area (Å²) < 4.78 is 12.2. The molecule has 1 N–H and O–H groups in total. The number of halogens is 1. The monoisotopic (exact) mass is 377 g/mol. The molecule has 0 spiro atoms. The first-order chi connectivity index (χ1) is 11.1. The van der Waals surface area contributed by atoms with E-state index in [1.807, 2.05) is 0 Å². The van der Waals surface area contributed by atoms with Crippen LogP contribution in [0.15, 0.2) is 45.6 Å². The number of esters is 1. The molecular weight excluding hydrogens is 366 g/mol. The Labute approximate surface area is 139 Å². The lowest BCUT2D eigenvalue weighted by Gasteiger charge is -2.05. The number of carbonyl (C=O) groups excluding carboxylic acids is 2. The van der Waals surface area contributed by atoms with E-state index < -0.39 is 11.9 Å². The summed E-state index contributed by atoms with van der Waals surface area (Å²) in [6.45, 7) is 1.91. The van der Waals surface area contributed by atoms with Crippen LogP contribution in [0.1, 0.15) is 28.0 Å². The molecule has 3 rings (SSSR count). The Morgan fingerprint density at radius 3 is 2.87 bits per heavy atom. The summed E-state index contributed by atoms with van der Waals surface area (Å²) in [4.78, 5) is 28.6. The molecule has 3 aromatic rings. The summed E-state index contributed by atoms with van der Waals surface area (Å²) in [7, 11) is 0. The quantitative estimate of drug-likeness (QED) is 0.705. The average Bonchev–Trinajstić information content (AvgIpc) is 3.12. The Morgan fingerprint density at radius 2 is 2.17 bits per heavy atom. The van der Waals surface area contributed by atoms with Crippen LogP contribution in [-0.2, 0) is 4.74 Å². The Morgan fingerprint density at radius 1 is 1.35 bits per heavy atom. The standard InChI is InChI=1S/C15H12BrN3O4/c1-2-22-15(21)12-13(19-8-4-3-5-11(19)17-12)18-14(20)9-6-7-10(16)23-9/h3-8H,2H2,1H3,(H,18,20). The SMILES string of the molecule is CCOC(=O)c1nc2ccccn2c1NC(=O)c1ccc(Br)o1. The Hall–Kier alpha value is -2.61. The van der Waals surface area contributed by atoms with Gasteiger partial charge >= 0.3 is 5.97 Å². The lowest BCUT2D eigenvalue weighted by molar-refractivity contribution is 0.0521. The van der Waals surface area contributed by atoms with Crippen molar-refractivity contribution in [3.05, 3.63) is 52.7 Å². The summed E-state index contributed by atoms with van der Waals surface area (Å²) in [5.74, 6) is -0.756. The van der Waals surface area contributed by atoms with Crippen molar-refractivity contribution in [2.24, 2.45) is 0 Å². The van der Waals surface area contributed by atoms with Gasteiger partial charge in [-0.3, -0.25) is 9.20 Å². The number of hydrogen-bond acceptors (Lipinski definition) is 5. The molecule has 0 atom stereocenters. The zero-order valence-electron chi connectivity index (χ0n) is 12.1. The zero-order valence-corrected chi connectivity index (χ0v) is 13.7. The van der Waals surface area contributed by atoms with Gasteiger partial charge in [-0.05, 0) is 47.1 Å². The van der Waals surface area contributed by atoms with Gasteiger partial charge in [0.1, 0.15) is 5.65 Å². The number of nitrogens with one attached hydrogen (secondary N) is 1. The molecule has 8 heteroatoms. The van der Waals surface area contributed by atoms with E-state index in [0.717, 1.165) is 0 Å². The number of nitrogens with zero attached hydrogens (tertiary/aromatic N) is 2. The van der Waals surface area contributed by atoms with Crippen LogP contribution in [0, 0.1) is 0 Å². The van der Waals surface area contributed by atoms with E-state index in [9.17, 15) is 9.59 Å². The van der Waals surface area contributed by atoms with Crippen molar-refractivity contribution in [1.29, 1.82) is 0 Å². The van der Waals surface area contributed by atoms with Gasteiger partial charge < -0.3 is 14.5 Å². The van der Waals surface area contributed by atoms with Gasteiger partial charge in [0, 0.05) is 6.20 Å². The molecule has 0 aliphatic carbocycles. The predicted molar refractivity (Wildman–Crippen MR) is 85.5 cm³/mol. The highest BCUT2D eigenvalue weighted by Crippen LogP contribution is 2.21. The molecule has 7 nitrogen and oxygen atoms in total. The number of rotatable bonds is 4. The molecule has 0 fully saturated rings. The number of ether oxygens (including phenoxy) is 1. The molecule has 0 unspecified atom stereocenters. The number of pyridine rings is 1. The normalized spacial score (nSPS) is 10.7. The minimum absolute atomic E-state index is 0.0389. The van der Waals surface area contributed by atoms with Crippen LogP contribution in [0.3, 0.4) is 0 Å². The topological polar surface area (TPSA) is 85.8 Å². The molecular formula is C15H12BrN3O4. The highest BCUT2D eigenvalue weighted by molar-refractivity contribution is 9.10. The summed E-state index contributed by atoms with van der Waals surface area (Å²) in [5, 5.41) is 2.65. The fourth-order valence-corrected chi connectivity index (χ4v) is 2.37. The van der Waals surface area contributed by atoms with E-state index >= 15 is 0 Å². The fourth-order valence-electron chi connectivity index (χ4n) is 2.06. The van der Waals surface area contributed by atoms with Crippen molar-refractivity contribution >= 4 is 39.3 Å². The van der Waals surface area contributed by atoms with Crippen molar-refractivity contribution in [2.45, 2.75) is 6.92 Å². The average molecular weight is 378 g/mol. The van der Waals surface area contributed by atoms with Gasteiger partial charge in [0.25, 0.3) is 5.91 Å². The Bertz CT molecular complexity index is 884. The molecule has 3 heterocycles. The number of aromatic nitrogens is 2. The number of imidazole rings is 1. The van der Waals surface area contributed by atoms with Crippen LogP contribution in [-0.4, -0.2) is 27.9 Å². The number of hydrogen-bond donors (Lipinski definition) is 1. The largest absolute Gasteiger partial charge is 0.461 e. The molecule has 0 saturated heterocycles. The zero-order chi connectivity index (χ0) is 16.4. The lowest BCUT2D eigenvalue weighted by atomic mass is 10.4. The Balaban J connectivity index is 2.02. The van der Waals surface area contributed by atoms with E-state index in [4.69, 9.17) is 9.15 Å². The van der Waals surface area contributed by atoms with Crippen LogP contribution < -0.4 is 5.32 Å². The van der Waals surface area contributed by atoms with Crippen molar-refractivity contribution in [1.82, 2.24) is 9.38 Å². The molecule has 118 valence electrons. The molecule has 0 bridgehead atoms. The number of carbonyl (C=O) groups is 2. The molecule has 1 amide bonds. The molecule has 3 aromatic heterocycles. The van der Waals surface area contributed by atoms with Gasteiger partial charge in [0.2, 0.25) is 0 Å². The highest BCUT2D eigenvalue weighted by Gasteiger charge is 2.23. The summed E-state index contributed by atoms with van der Waals surface area (Å²) >= 11 is 3.14. The van der Waals surface area contributed by atoms with Crippen molar-refractivity contribution in [3.63, 3.8) is 0 Å². The van der Waals surface area contributed by atoms with Crippen LogP contribution in [0.4, 0.5) is 5.82 Å². The van der Waals surface area contributed by atoms with Crippen LogP contribution in [0.5, 0.6) is 0 Å². The third-order valence-corrected chi connectivity index (χ3v) is 3.45. The first-order valence-corrected chi connectivity index (χ1v) is 7.60. The van der Waals surface area contributed by atoms with E-state index in [-0.39, 0.29) is 23.9 Å². The predicted octanol–water partition coefficient (Wildman–Crippen LogP) is 3.12. The second-order valence-corrected chi connectivity index (χ2v) is 5.30. The smallest absolute Gasteiger partial charge is 0.360 e. The van der Waals surface area contributed by atoms with Gasteiger partial charge in [-0.2, -0.15) is 0 Å². The van der Waals surface area contributed by atoms with Crippen molar-refractivity contribution in [3.8, 4) is 0 Å². The second kappa shape index (κ2) is 6.25. The third-order valence-electron chi connectivity index (χ3n) is 3.03. The van der Waals surface area contributed by atoms with Gasteiger partial charge in [-0.1, -0.05) is 6.07 Å². The van der Waals surface area contributed by atoms with Crippen molar-refractivity contribution < 1.29 is 18.7 Å². The third kappa shape index (κ3) is 2.98. The maximum Gasteiger partial charge on any atom is 0.360 e. The first kappa shape index (κ1) is 15.3. The van der Waals surface area contributed by atoms with Gasteiger partial charge in [-0.25, -0.2) is 9.78 Å². The van der Waals surface area contributed by atoms with Gasteiger partial charge in [0.15, 0.2) is 21.9 Å². The lowest BCUT2D eigenvalue weighted by Crippen LogP contribution is -2.16.